The van der Waals surface area contributed by atoms with E-state index in [1.165, 1.54) is 10.8 Å². The fourth-order valence-corrected chi connectivity index (χ4v) is 2.15. The van der Waals surface area contributed by atoms with E-state index in [-0.39, 0.29) is 0 Å². The van der Waals surface area contributed by atoms with Gasteiger partial charge < -0.3 is 0 Å². The highest BCUT2D eigenvalue weighted by Gasteiger charge is 1.79. The molecule has 0 saturated heterocycles. The summed E-state index contributed by atoms with van der Waals surface area (Å²) in [5.41, 5.74) is 0. The topological polar surface area (TPSA) is 0 Å². The molecule has 0 atom stereocenters. The van der Waals surface area contributed by atoms with Crippen LogP contribution in [-0.2, 0) is 0 Å². The van der Waals surface area contributed by atoms with Crippen LogP contribution in [0.2, 0.25) is 0 Å². The van der Waals surface area contributed by atoms with Gasteiger partial charge in [-0.2, -0.15) is 0 Å². The van der Waals surface area contributed by atoms with Gasteiger partial charge in [-0.15, -0.1) is 6.42 Å². The van der Waals surface area contributed by atoms with Crippen LogP contribution in [0, 0.1) is 11.7 Å². The van der Waals surface area contributed by atoms with Gasteiger partial charge in [0.1, 0.15) is 0 Å². The van der Waals surface area contributed by atoms with Crippen molar-refractivity contribution in [1.29, 1.82) is 0 Å². The van der Waals surface area contributed by atoms with Gasteiger partial charge in [0.15, 0.2) is 0 Å². The second-order valence-corrected chi connectivity index (χ2v) is 3.76. The van der Waals surface area contributed by atoms with E-state index < -0.39 is 0 Å². The van der Waals surface area contributed by atoms with Crippen LogP contribution in [-0.4, -0.2) is 11.1 Å². The minimum atomic E-state index is 1.02. The normalized spacial score (nSPS) is 8.00. The molecule has 0 unspecified atom stereocenters. The first-order valence-electron chi connectivity index (χ1n) is 1.72. The molecule has 0 rings (SSSR count). The Morgan fingerprint density at radius 2 is 2.43 bits per heavy atom. The number of halogens is 1. The van der Waals surface area contributed by atoms with E-state index in [9.17, 15) is 0 Å². The number of alkyl halides is 1. The molecule has 0 nitrogen and oxygen atoms in total. The van der Waals surface area contributed by atoms with Crippen LogP contribution in [0.25, 0.3) is 0 Å². The minimum Gasteiger partial charge on any atom is -0.107 e. The summed E-state index contributed by atoms with van der Waals surface area (Å²) in [5, 5.41) is 3.48. The second kappa shape index (κ2) is 6.74. The largest absolute Gasteiger partial charge is 0.107 e. The van der Waals surface area contributed by atoms with E-state index in [0.29, 0.717) is 0 Å². The Bertz CT molecular complexity index is 66.6. The average molecular weight is 197 g/mol. The zero-order valence-corrected chi connectivity index (χ0v) is 6.91. The van der Waals surface area contributed by atoms with Crippen molar-refractivity contribution in [3.8, 4) is 11.7 Å². The Hall–Kier alpha value is 0.740. The molecule has 0 radical (unpaired) electrons. The lowest BCUT2D eigenvalue weighted by atomic mass is 11.0. The summed E-state index contributed by atoms with van der Waals surface area (Å²) in [6.07, 6.45) is 4.95. The number of terminal acetylenes is 1. The number of hydrogen-bond donors (Lipinski definition) is 0. The van der Waals surface area contributed by atoms with Crippen LogP contribution in [0.4, 0.5) is 0 Å². The Morgan fingerprint density at radius 3 is 2.86 bits per heavy atom. The van der Waals surface area contributed by atoms with E-state index in [2.05, 4.69) is 21.2 Å². The molecule has 0 amide bonds. The van der Waals surface area contributed by atoms with Crippen molar-refractivity contribution in [2.24, 2.45) is 0 Å². The van der Waals surface area contributed by atoms with Crippen molar-refractivity contribution in [2.45, 2.75) is 0 Å². The van der Waals surface area contributed by atoms with Crippen molar-refractivity contribution in [2.75, 3.05) is 11.1 Å². The molecule has 0 fully saturated rings. The van der Waals surface area contributed by atoms with Crippen molar-refractivity contribution < 1.29 is 0 Å². The predicted octanol–water partition coefficient (Wildman–Crippen LogP) is 2.35. The van der Waals surface area contributed by atoms with E-state index in [0.717, 1.165) is 11.1 Å². The van der Waals surface area contributed by atoms with Gasteiger partial charge in [-0.3, -0.25) is 0 Å². The maximum absolute atomic E-state index is 4.95. The predicted molar refractivity (Wildman–Crippen MR) is 42.7 cm³/mol. The molecule has 3 heteroatoms. The summed E-state index contributed by atoms with van der Waals surface area (Å²) in [7, 11) is 3.13. The molecule has 0 aromatic heterocycles. The zero-order chi connectivity index (χ0) is 5.54. The smallest absolute Gasteiger partial charge is 0.0144 e. The van der Waals surface area contributed by atoms with Crippen molar-refractivity contribution in [1.82, 2.24) is 0 Å². The van der Waals surface area contributed by atoms with Crippen LogP contribution in [0.15, 0.2) is 0 Å². The summed E-state index contributed by atoms with van der Waals surface area (Å²) < 4.78 is 0. The minimum absolute atomic E-state index is 1.02. The fraction of sp³-hybridized carbons (Fsp3) is 0.500. The van der Waals surface area contributed by atoms with E-state index in [4.69, 9.17) is 6.42 Å². The Balaban J connectivity index is 2.60. The second-order valence-electron chi connectivity index (χ2n) is 0.712. The molecule has 7 heavy (non-hydrogen) atoms. The standard InChI is InChI=1S/C4H5BrS2/c1-2-6-7-4-3-5/h1H,3-4H2. The lowest BCUT2D eigenvalue weighted by Gasteiger charge is -1.84. The number of hydrogen-bond acceptors (Lipinski definition) is 2. The molecule has 0 N–H and O–H groups in total. The maximum atomic E-state index is 4.95. The molecule has 0 heterocycles. The quantitative estimate of drug-likeness (QED) is 0.295. The summed E-state index contributed by atoms with van der Waals surface area (Å²) in [6.45, 7) is 0. The Labute approximate surface area is 60.3 Å². The van der Waals surface area contributed by atoms with Crippen LogP contribution >= 0.6 is 37.5 Å². The average Bonchev–Trinajstić information content (AvgIpc) is 1.69. The van der Waals surface area contributed by atoms with Crippen LogP contribution in [0.1, 0.15) is 0 Å². The van der Waals surface area contributed by atoms with Gasteiger partial charge in [0.2, 0.25) is 0 Å². The van der Waals surface area contributed by atoms with Gasteiger partial charge in [-0.25, -0.2) is 0 Å². The third kappa shape index (κ3) is 6.74. The van der Waals surface area contributed by atoms with Gasteiger partial charge in [0.25, 0.3) is 0 Å². The SMILES string of the molecule is C#CSSCCBr. The molecular formula is C4H5BrS2. The monoisotopic (exact) mass is 196 g/mol. The molecular weight excluding hydrogens is 192 g/mol. The van der Waals surface area contributed by atoms with E-state index >= 15 is 0 Å². The summed E-state index contributed by atoms with van der Waals surface area (Å²) in [5.74, 6) is 1.08. The molecule has 0 aromatic carbocycles. The molecule has 0 saturated carbocycles. The van der Waals surface area contributed by atoms with Crippen LogP contribution in [0.3, 0.4) is 0 Å². The van der Waals surface area contributed by atoms with Gasteiger partial charge in [-0.1, -0.05) is 26.7 Å². The molecule has 0 aromatic rings. The van der Waals surface area contributed by atoms with Gasteiger partial charge in [0, 0.05) is 11.1 Å². The lowest BCUT2D eigenvalue weighted by molar-refractivity contribution is 1.60. The van der Waals surface area contributed by atoms with Crippen molar-refractivity contribution in [3.63, 3.8) is 0 Å². The Morgan fingerprint density at radius 1 is 1.71 bits per heavy atom. The Kier molecular flexibility index (Phi) is 7.45. The first kappa shape index (κ1) is 7.74. The summed E-state index contributed by atoms with van der Waals surface area (Å²) in [6, 6.07) is 0. The van der Waals surface area contributed by atoms with Crippen LogP contribution < -0.4 is 0 Å². The van der Waals surface area contributed by atoms with E-state index in [1.54, 1.807) is 10.8 Å². The highest BCUT2D eigenvalue weighted by Crippen LogP contribution is 2.18. The van der Waals surface area contributed by atoms with E-state index in [1.807, 2.05) is 0 Å². The molecule has 0 aliphatic heterocycles. The lowest BCUT2D eigenvalue weighted by Crippen LogP contribution is -1.69. The van der Waals surface area contributed by atoms with Crippen molar-refractivity contribution >= 4 is 37.5 Å². The molecule has 0 aliphatic rings. The number of rotatable bonds is 3. The third-order valence-electron chi connectivity index (χ3n) is 0.268. The van der Waals surface area contributed by atoms with Gasteiger partial charge >= 0.3 is 0 Å². The van der Waals surface area contributed by atoms with Crippen LogP contribution in [0.5, 0.6) is 0 Å². The molecule has 40 valence electrons. The molecule has 0 aliphatic carbocycles. The highest BCUT2D eigenvalue weighted by atomic mass is 79.9. The zero-order valence-electron chi connectivity index (χ0n) is 3.69. The summed E-state index contributed by atoms with van der Waals surface area (Å²) >= 11 is 3.28. The van der Waals surface area contributed by atoms with Gasteiger partial charge in [0.05, 0.1) is 0 Å². The maximum Gasteiger partial charge on any atom is 0.0144 e. The highest BCUT2D eigenvalue weighted by molar-refractivity contribution is 9.09. The van der Waals surface area contributed by atoms with Crippen molar-refractivity contribution in [3.05, 3.63) is 0 Å². The summed E-state index contributed by atoms with van der Waals surface area (Å²) in [4.78, 5) is 0. The molecule has 0 bridgehead atoms. The third-order valence-corrected chi connectivity index (χ3v) is 2.92. The molecule has 0 spiro atoms. The first-order chi connectivity index (χ1) is 3.41. The fourth-order valence-electron chi connectivity index (χ4n) is 0.107. The first-order valence-corrected chi connectivity index (χ1v) is 5.16. The van der Waals surface area contributed by atoms with Gasteiger partial charge in [-0.05, 0) is 16.0 Å².